The lowest BCUT2D eigenvalue weighted by atomic mass is 10.0. The summed E-state index contributed by atoms with van der Waals surface area (Å²) in [5.74, 6) is 0.426. The summed E-state index contributed by atoms with van der Waals surface area (Å²) in [5.41, 5.74) is 5.16. The van der Waals surface area contributed by atoms with Crippen LogP contribution in [-0.2, 0) is 6.54 Å². The van der Waals surface area contributed by atoms with Crippen molar-refractivity contribution in [3.8, 4) is 11.1 Å². The summed E-state index contributed by atoms with van der Waals surface area (Å²) >= 11 is 0. The molecule has 0 radical (unpaired) electrons. The van der Waals surface area contributed by atoms with Crippen LogP contribution in [0.1, 0.15) is 43.3 Å². The van der Waals surface area contributed by atoms with Gasteiger partial charge < -0.3 is 9.84 Å². The Labute approximate surface area is 144 Å². The molecule has 1 amide bonds. The highest BCUT2D eigenvalue weighted by atomic mass is 16.5. The Morgan fingerprint density at radius 2 is 1.76 bits per heavy atom. The first-order valence-electron chi connectivity index (χ1n) is 8.04. The first-order valence-corrected chi connectivity index (χ1v) is 8.04. The van der Waals surface area contributed by atoms with Crippen molar-refractivity contribution in [1.82, 2.24) is 10.5 Å². The molecule has 3 aromatic rings. The summed E-state index contributed by atoms with van der Waals surface area (Å²) in [6.45, 7) is 3.99. The van der Waals surface area contributed by atoms with Gasteiger partial charge in [0, 0.05) is 28.8 Å². The van der Waals surface area contributed by atoms with E-state index in [-0.39, 0.29) is 11.7 Å². The van der Waals surface area contributed by atoms with Crippen molar-refractivity contribution in [2.75, 3.05) is 0 Å². The number of carbonyl (C=O) groups excluding carboxylic acids is 2. The third kappa shape index (κ3) is 2.45. The van der Waals surface area contributed by atoms with Crippen LogP contribution in [0.2, 0.25) is 0 Å². The van der Waals surface area contributed by atoms with E-state index in [1.165, 1.54) is 0 Å². The number of fused-ring (bicyclic) bond motifs is 3. The van der Waals surface area contributed by atoms with Gasteiger partial charge in [0.1, 0.15) is 5.76 Å². The molecule has 0 atom stereocenters. The second-order valence-electron chi connectivity index (χ2n) is 6.12. The summed E-state index contributed by atoms with van der Waals surface area (Å²) in [6, 6.07) is 12.7. The Kier molecular flexibility index (Phi) is 3.50. The predicted molar refractivity (Wildman–Crippen MR) is 92.5 cm³/mol. The molecule has 0 aliphatic heterocycles. The number of nitrogens with zero attached hydrogens (tertiary/aromatic N) is 1. The topological polar surface area (TPSA) is 72.2 Å². The summed E-state index contributed by atoms with van der Waals surface area (Å²) in [6.07, 6.45) is 0. The number of aryl methyl sites for hydroxylation is 2. The van der Waals surface area contributed by atoms with Gasteiger partial charge in [0.25, 0.3) is 5.91 Å². The van der Waals surface area contributed by atoms with Gasteiger partial charge in [0.05, 0.1) is 5.69 Å². The van der Waals surface area contributed by atoms with Crippen molar-refractivity contribution < 1.29 is 14.1 Å². The molecule has 2 aromatic carbocycles. The molecule has 0 fully saturated rings. The number of hydrogen-bond donors (Lipinski definition) is 1. The molecular weight excluding hydrogens is 316 g/mol. The first-order chi connectivity index (χ1) is 12.1. The average molecular weight is 332 g/mol. The highest BCUT2D eigenvalue weighted by molar-refractivity contribution is 6.22. The predicted octanol–water partition coefficient (Wildman–Crippen LogP) is 3.43. The van der Waals surface area contributed by atoms with Gasteiger partial charge in [0.2, 0.25) is 0 Å². The minimum atomic E-state index is -0.230. The van der Waals surface area contributed by atoms with Gasteiger partial charge in [-0.05, 0) is 37.1 Å². The minimum Gasteiger partial charge on any atom is -0.361 e. The van der Waals surface area contributed by atoms with Crippen LogP contribution in [0.5, 0.6) is 0 Å². The van der Waals surface area contributed by atoms with E-state index in [9.17, 15) is 9.59 Å². The molecule has 1 aromatic heterocycles. The van der Waals surface area contributed by atoms with Gasteiger partial charge in [-0.2, -0.15) is 0 Å². The standard InChI is InChI=1S/C20H16N2O3/c1-11-18(12(2)25-22-11)10-21-20(24)13-7-8-15-14-5-3-4-6-16(14)19(23)17(15)9-13/h3-9H,10H2,1-2H3,(H,21,24). The molecule has 0 spiro atoms. The fraction of sp³-hybridized carbons (Fsp3) is 0.150. The Balaban J connectivity index is 1.59. The first kappa shape index (κ1) is 15.3. The Bertz CT molecular complexity index is 998. The van der Waals surface area contributed by atoms with Crippen molar-refractivity contribution in [1.29, 1.82) is 0 Å². The van der Waals surface area contributed by atoms with E-state index in [1.807, 2.05) is 44.2 Å². The third-order valence-corrected chi connectivity index (χ3v) is 4.60. The molecule has 1 aliphatic rings. The molecule has 5 nitrogen and oxygen atoms in total. The van der Waals surface area contributed by atoms with E-state index >= 15 is 0 Å². The maximum Gasteiger partial charge on any atom is 0.251 e. The van der Waals surface area contributed by atoms with Crippen LogP contribution < -0.4 is 5.32 Å². The number of benzene rings is 2. The molecule has 0 unspecified atom stereocenters. The summed E-state index contributed by atoms with van der Waals surface area (Å²) in [5, 5.41) is 6.74. The number of amides is 1. The molecule has 0 saturated carbocycles. The van der Waals surface area contributed by atoms with Gasteiger partial charge in [0.15, 0.2) is 5.78 Å². The van der Waals surface area contributed by atoms with Crippen molar-refractivity contribution >= 4 is 11.7 Å². The molecule has 1 heterocycles. The number of rotatable bonds is 3. The lowest BCUT2D eigenvalue weighted by Gasteiger charge is -2.07. The maximum atomic E-state index is 12.5. The van der Waals surface area contributed by atoms with Crippen LogP contribution >= 0.6 is 0 Å². The van der Waals surface area contributed by atoms with Gasteiger partial charge in [-0.1, -0.05) is 35.5 Å². The van der Waals surface area contributed by atoms with E-state index in [2.05, 4.69) is 10.5 Å². The number of ketones is 1. The fourth-order valence-corrected chi connectivity index (χ4v) is 3.19. The molecule has 1 N–H and O–H groups in total. The largest absolute Gasteiger partial charge is 0.361 e. The van der Waals surface area contributed by atoms with Crippen molar-refractivity contribution in [2.24, 2.45) is 0 Å². The molecule has 4 rings (SSSR count). The number of carbonyl (C=O) groups is 2. The van der Waals surface area contributed by atoms with Crippen LogP contribution in [0.15, 0.2) is 47.0 Å². The van der Waals surface area contributed by atoms with Crippen LogP contribution in [0.3, 0.4) is 0 Å². The van der Waals surface area contributed by atoms with Crippen LogP contribution in [0.4, 0.5) is 0 Å². The van der Waals surface area contributed by atoms with E-state index < -0.39 is 0 Å². The molecule has 5 heteroatoms. The molecule has 0 bridgehead atoms. The van der Waals surface area contributed by atoms with Gasteiger partial charge >= 0.3 is 0 Å². The van der Waals surface area contributed by atoms with Gasteiger partial charge in [-0.15, -0.1) is 0 Å². The monoisotopic (exact) mass is 332 g/mol. The molecule has 25 heavy (non-hydrogen) atoms. The summed E-state index contributed by atoms with van der Waals surface area (Å²) in [4.78, 5) is 25.0. The van der Waals surface area contributed by atoms with Crippen LogP contribution in [0.25, 0.3) is 11.1 Å². The number of aromatic nitrogens is 1. The SMILES string of the molecule is Cc1noc(C)c1CNC(=O)c1ccc2c(c1)C(=O)c1ccccc1-2. The Hall–Kier alpha value is -3.21. The fourth-order valence-electron chi connectivity index (χ4n) is 3.19. The van der Waals surface area contributed by atoms with Crippen molar-refractivity contribution in [2.45, 2.75) is 20.4 Å². The van der Waals surface area contributed by atoms with Gasteiger partial charge in [-0.3, -0.25) is 9.59 Å². The van der Waals surface area contributed by atoms with E-state index in [1.54, 1.807) is 12.1 Å². The maximum absolute atomic E-state index is 12.5. The second kappa shape index (κ2) is 5.70. The quantitative estimate of drug-likeness (QED) is 0.624. The molecule has 0 saturated heterocycles. The Morgan fingerprint density at radius 3 is 2.48 bits per heavy atom. The number of nitrogens with one attached hydrogen (secondary N) is 1. The van der Waals surface area contributed by atoms with Crippen LogP contribution in [-0.4, -0.2) is 16.8 Å². The van der Waals surface area contributed by atoms with E-state index in [0.29, 0.717) is 29.0 Å². The minimum absolute atomic E-state index is 0.0361. The highest BCUT2D eigenvalue weighted by Gasteiger charge is 2.27. The van der Waals surface area contributed by atoms with Gasteiger partial charge in [-0.25, -0.2) is 0 Å². The zero-order valence-electron chi connectivity index (χ0n) is 13.9. The Morgan fingerprint density at radius 1 is 1.04 bits per heavy atom. The summed E-state index contributed by atoms with van der Waals surface area (Å²) in [7, 11) is 0. The third-order valence-electron chi connectivity index (χ3n) is 4.60. The van der Waals surface area contributed by atoms with E-state index in [0.717, 1.165) is 22.4 Å². The molecule has 124 valence electrons. The second-order valence-corrected chi connectivity index (χ2v) is 6.12. The zero-order valence-corrected chi connectivity index (χ0v) is 13.9. The molecule has 1 aliphatic carbocycles. The normalized spacial score (nSPS) is 12.0. The smallest absolute Gasteiger partial charge is 0.251 e. The van der Waals surface area contributed by atoms with Crippen molar-refractivity contribution in [3.63, 3.8) is 0 Å². The number of hydrogen-bond acceptors (Lipinski definition) is 4. The average Bonchev–Trinajstić information content (AvgIpc) is 3.10. The molecular formula is C20H16N2O3. The van der Waals surface area contributed by atoms with Crippen molar-refractivity contribution in [3.05, 3.63) is 76.2 Å². The highest BCUT2D eigenvalue weighted by Crippen LogP contribution is 2.36. The lowest BCUT2D eigenvalue weighted by molar-refractivity contribution is 0.0951. The van der Waals surface area contributed by atoms with Crippen LogP contribution in [0, 0.1) is 13.8 Å². The van der Waals surface area contributed by atoms with E-state index in [4.69, 9.17) is 4.52 Å². The zero-order chi connectivity index (χ0) is 17.6. The summed E-state index contributed by atoms with van der Waals surface area (Å²) < 4.78 is 5.10. The lowest BCUT2D eigenvalue weighted by Crippen LogP contribution is -2.23.